The van der Waals surface area contributed by atoms with E-state index in [-0.39, 0.29) is 0 Å². The van der Waals surface area contributed by atoms with Gasteiger partial charge in [-0.3, -0.25) is 0 Å². The van der Waals surface area contributed by atoms with Gasteiger partial charge in [-0.15, -0.1) is 0 Å². The van der Waals surface area contributed by atoms with Crippen molar-refractivity contribution in [2.45, 2.75) is 6.92 Å². The Morgan fingerprint density at radius 2 is 1.92 bits per heavy atom. The number of hydrogen-bond donors (Lipinski definition) is 0. The molecule has 1 aromatic carbocycles. The number of para-hydroxylation sites is 1. The number of rotatable bonds is 2. The fourth-order valence-electron chi connectivity index (χ4n) is 0.779. The first-order valence-electron chi connectivity index (χ1n) is 3.26. The molecule has 3 nitrogen and oxygen atoms in total. The zero-order valence-electron chi connectivity index (χ0n) is 6.39. The van der Waals surface area contributed by atoms with Crippen molar-refractivity contribution in [3.63, 3.8) is 0 Å². The highest BCUT2D eigenvalue weighted by atomic mass is 32.5. The zero-order chi connectivity index (χ0) is 9.19. The van der Waals surface area contributed by atoms with Gasteiger partial charge in [-0.25, -0.2) is 0 Å². The Hall–Kier alpha value is -0.410. The van der Waals surface area contributed by atoms with Crippen LogP contribution in [0.3, 0.4) is 0 Å². The Morgan fingerprint density at radius 1 is 1.33 bits per heavy atom. The minimum Gasteiger partial charge on any atom is -0.803 e. The summed E-state index contributed by atoms with van der Waals surface area (Å²) in [5.74, 6) is 0.297. The molecule has 0 fully saturated rings. The van der Waals surface area contributed by atoms with Crippen molar-refractivity contribution in [1.82, 2.24) is 0 Å². The molecule has 0 aliphatic carbocycles. The van der Waals surface area contributed by atoms with Crippen molar-refractivity contribution in [2.75, 3.05) is 0 Å². The molecule has 0 saturated heterocycles. The van der Waals surface area contributed by atoms with Crippen LogP contribution in [-0.4, -0.2) is 0 Å². The summed E-state index contributed by atoms with van der Waals surface area (Å²) in [5.41, 5.74) is 0.749. The summed E-state index contributed by atoms with van der Waals surface area (Å²) < 4.78 is 4.55. The van der Waals surface area contributed by atoms with Gasteiger partial charge in [0, 0.05) is 0 Å². The topological polar surface area (TPSA) is 55.3 Å². The minimum absolute atomic E-state index is 0.297. The Labute approximate surface area is 75.9 Å². The summed E-state index contributed by atoms with van der Waals surface area (Å²) in [5, 5.41) is 0. The van der Waals surface area contributed by atoms with Crippen LogP contribution in [0.15, 0.2) is 24.3 Å². The first-order valence-corrected chi connectivity index (χ1v) is 5.82. The summed E-state index contributed by atoms with van der Waals surface area (Å²) in [7, 11) is 0. The van der Waals surface area contributed by atoms with Crippen LogP contribution in [0.4, 0.5) is 0 Å². The molecule has 12 heavy (non-hydrogen) atoms. The minimum atomic E-state index is -4.08. The van der Waals surface area contributed by atoms with Gasteiger partial charge < -0.3 is 14.3 Å². The molecule has 0 atom stereocenters. The van der Waals surface area contributed by atoms with E-state index in [0.717, 1.165) is 5.56 Å². The molecular formula is C7H7O3PS-2. The lowest BCUT2D eigenvalue weighted by atomic mass is 10.2. The molecule has 0 bridgehead atoms. The van der Waals surface area contributed by atoms with Crippen molar-refractivity contribution < 1.29 is 14.3 Å². The second-order valence-corrected chi connectivity index (χ2v) is 4.72. The predicted molar refractivity (Wildman–Crippen MR) is 46.1 cm³/mol. The molecule has 1 aromatic rings. The average molecular weight is 202 g/mol. The van der Waals surface area contributed by atoms with E-state index in [1.165, 1.54) is 0 Å². The SMILES string of the molecule is Cc1ccccc1OP([O-])([O-])=S. The molecule has 0 spiro atoms. The van der Waals surface area contributed by atoms with Crippen molar-refractivity contribution in [3.05, 3.63) is 29.8 Å². The van der Waals surface area contributed by atoms with E-state index in [1.54, 1.807) is 31.2 Å². The molecule has 1 rings (SSSR count). The third kappa shape index (κ3) is 2.91. The number of aryl methyl sites for hydroxylation is 1. The molecule has 66 valence electrons. The highest BCUT2D eigenvalue weighted by Gasteiger charge is 1.96. The quantitative estimate of drug-likeness (QED) is 0.648. The van der Waals surface area contributed by atoms with Crippen molar-refractivity contribution >= 4 is 18.5 Å². The van der Waals surface area contributed by atoms with E-state index in [4.69, 9.17) is 0 Å². The maximum Gasteiger partial charge on any atom is 0.123 e. The molecule has 0 aromatic heterocycles. The predicted octanol–water partition coefficient (Wildman–Crippen LogP) is 0.319. The first-order chi connectivity index (χ1) is 5.49. The molecular weight excluding hydrogens is 195 g/mol. The van der Waals surface area contributed by atoms with Crippen LogP contribution in [0.1, 0.15) is 5.56 Å². The lowest BCUT2D eigenvalue weighted by Crippen LogP contribution is -2.18. The van der Waals surface area contributed by atoms with E-state index in [0.29, 0.717) is 5.75 Å². The standard InChI is InChI=1S/C7H9O3PS/c1-6-4-2-3-5-7(6)10-11(8,9)12/h2-5H,1H3,(H2,8,9,12)/p-2. The maximum atomic E-state index is 10.6. The van der Waals surface area contributed by atoms with Crippen molar-refractivity contribution in [1.29, 1.82) is 0 Å². The third-order valence-corrected chi connectivity index (χ3v) is 1.95. The van der Waals surface area contributed by atoms with Crippen LogP contribution in [0.5, 0.6) is 5.75 Å². The fourth-order valence-corrected chi connectivity index (χ4v) is 1.47. The lowest BCUT2D eigenvalue weighted by Gasteiger charge is -2.34. The molecule has 5 heteroatoms. The molecule has 0 aliphatic heterocycles. The molecule has 0 aliphatic rings. The third-order valence-electron chi connectivity index (χ3n) is 1.30. The van der Waals surface area contributed by atoms with Gasteiger partial charge >= 0.3 is 0 Å². The number of benzene rings is 1. The van der Waals surface area contributed by atoms with Gasteiger partial charge in [0.2, 0.25) is 0 Å². The Morgan fingerprint density at radius 3 is 2.42 bits per heavy atom. The van der Waals surface area contributed by atoms with Gasteiger partial charge in [-0.2, -0.15) is 0 Å². The Bertz CT molecular complexity index is 320. The van der Waals surface area contributed by atoms with Crippen LogP contribution in [0.2, 0.25) is 0 Å². The molecule has 0 saturated carbocycles. The molecule has 0 heterocycles. The average Bonchev–Trinajstić information content (AvgIpc) is 1.91. The van der Waals surface area contributed by atoms with Crippen molar-refractivity contribution in [3.8, 4) is 5.75 Å². The van der Waals surface area contributed by atoms with Crippen LogP contribution in [0, 0.1) is 6.92 Å². The fraction of sp³-hybridized carbons (Fsp3) is 0.143. The van der Waals surface area contributed by atoms with Crippen LogP contribution in [-0.2, 0) is 11.8 Å². The van der Waals surface area contributed by atoms with Gasteiger partial charge in [0.15, 0.2) is 0 Å². The first kappa shape index (κ1) is 9.68. The second kappa shape index (κ2) is 3.54. The maximum absolute atomic E-state index is 10.6. The van der Waals surface area contributed by atoms with Gasteiger partial charge in [-0.1, -0.05) is 30.0 Å². The van der Waals surface area contributed by atoms with Gasteiger partial charge in [-0.05, 0) is 25.3 Å². The van der Waals surface area contributed by atoms with Crippen LogP contribution < -0.4 is 14.3 Å². The highest BCUT2D eigenvalue weighted by Crippen LogP contribution is 2.31. The lowest BCUT2D eigenvalue weighted by molar-refractivity contribution is -0.313. The van der Waals surface area contributed by atoms with Gasteiger partial charge in [0.25, 0.3) is 0 Å². The smallest absolute Gasteiger partial charge is 0.123 e. The normalized spacial score (nSPS) is 11.2. The van der Waals surface area contributed by atoms with Crippen LogP contribution >= 0.6 is 6.72 Å². The zero-order valence-corrected chi connectivity index (χ0v) is 8.10. The molecule has 0 amide bonds. The van der Waals surface area contributed by atoms with E-state index < -0.39 is 6.72 Å². The summed E-state index contributed by atoms with van der Waals surface area (Å²) in [6, 6.07) is 6.79. The van der Waals surface area contributed by atoms with E-state index in [1.807, 2.05) is 0 Å². The monoisotopic (exact) mass is 202 g/mol. The molecule has 0 unspecified atom stereocenters. The summed E-state index contributed by atoms with van der Waals surface area (Å²) in [6.45, 7) is -2.33. The van der Waals surface area contributed by atoms with Gasteiger partial charge in [0.05, 0.1) is 0 Å². The Kier molecular flexibility index (Phi) is 2.85. The van der Waals surface area contributed by atoms with Gasteiger partial charge in [0.1, 0.15) is 5.75 Å². The highest BCUT2D eigenvalue weighted by molar-refractivity contribution is 8.05. The van der Waals surface area contributed by atoms with E-state index >= 15 is 0 Å². The van der Waals surface area contributed by atoms with E-state index in [9.17, 15) is 9.79 Å². The molecule has 0 radical (unpaired) electrons. The van der Waals surface area contributed by atoms with Crippen LogP contribution in [0.25, 0.3) is 0 Å². The second-order valence-electron chi connectivity index (χ2n) is 2.30. The summed E-state index contributed by atoms with van der Waals surface area (Å²) in [4.78, 5) is 21.1. The summed E-state index contributed by atoms with van der Waals surface area (Å²) >= 11 is 4.10. The van der Waals surface area contributed by atoms with Crippen molar-refractivity contribution in [2.24, 2.45) is 0 Å². The van der Waals surface area contributed by atoms with E-state index in [2.05, 4.69) is 16.3 Å². The largest absolute Gasteiger partial charge is 0.803 e. The molecule has 0 N–H and O–H groups in total. The summed E-state index contributed by atoms with van der Waals surface area (Å²) in [6.07, 6.45) is 0. The Balaban J connectivity index is 2.90. The number of hydrogen-bond acceptors (Lipinski definition) is 4.